The zero-order valence-electron chi connectivity index (χ0n) is 14.3. The Hall–Kier alpha value is -2.48. The highest BCUT2D eigenvalue weighted by Gasteiger charge is 2.24. The van der Waals surface area contributed by atoms with E-state index in [-0.39, 0.29) is 11.6 Å². The van der Waals surface area contributed by atoms with E-state index in [2.05, 4.69) is 38.2 Å². The van der Waals surface area contributed by atoms with Crippen LogP contribution in [0.5, 0.6) is 0 Å². The number of rotatable bonds is 3. The second kappa shape index (κ2) is 6.44. The van der Waals surface area contributed by atoms with Crippen molar-refractivity contribution in [2.45, 2.75) is 25.8 Å². The quantitative estimate of drug-likeness (QED) is 0.775. The van der Waals surface area contributed by atoms with Gasteiger partial charge in [0.15, 0.2) is 5.82 Å². The molecule has 0 spiro atoms. The van der Waals surface area contributed by atoms with E-state index in [0.29, 0.717) is 5.82 Å². The Morgan fingerprint density at radius 3 is 3.08 bits per heavy atom. The number of thiophene rings is 1. The van der Waals surface area contributed by atoms with Gasteiger partial charge in [-0.3, -0.25) is 4.79 Å². The summed E-state index contributed by atoms with van der Waals surface area (Å²) in [6, 6.07) is 2.34. The van der Waals surface area contributed by atoms with Crippen LogP contribution in [0.15, 0.2) is 29.6 Å². The van der Waals surface area contributed by atoms with Crippen LogP contribution in [0, 0.1) is 6.92 Å². The van der Waals surface area contributed by atoms with E-state index < -0.39 is 0 Å². The number of aromatic nitrogens is 4. The number of hydrogen-bond donors (Lipinski definition) is 1. The van der Waals surface area contributed by atoms with Crippen molar-refractivity contribution in [3.05, 3.63) is 40.0 Å². The third-order valence-electron chi connectivity index (χ3n) is 4.51. The zero-order valence-corrected chi connectivity index (χ0v) is 15.1. The minimum atomic E-state index is -0.0546. The summed E-state index contributed by atoms with van der Waals surface area (Å²) >= 11 is 1.67. The lowest BCUT2D eigenvalue weighted by Gasteiger charge is -2.33. The van der Waals surface area contributed by atoms with Crippen molar-refractivity contribution in [1.29, 1.82) is 0 Å². The molecule has 3 aromatic rings. The maximum Gasteiger partial charge on any atom is 0.293 e. The van der Waals surface area contributed by atoms with Gasteiger partial charge in [-0.05, 0) is 25.8 Å². The molecular weight excluding hydrogens is 336 g/mol. The van der Waals surface area contributed by atoms with Crippen molar-refractivity contribution in [3.63, 3.8) is 0 Å². The Bertz CT molecular complexity index is 965. The lowest BCUT2D eigenvalue weighted by molar-refractivity contribution is 0.523. The van der Waals surface area contributed by atoms with Crippen LogP contribution in [0.4, 0.5) is 11.6 Å². The van der Waals surface area contributed by atoms with Gasteiger partial charge in [-0.1, -0.05) is 0 Å². The van der Waals surface area contributed by atoms with E-state index in [4.69, 9.17) is 0 Å². The molecule has 1 aliphatic heterocycles. The van der Waals surface area contributed by atoms with Crippen molar-refractivity contribution in [2.24, 2.45) is 7.05 Å². The normalized spacial score (nSPS) is 17.8. The van der Waals surface area contributed by atoms with Crippen LogP contribution in [0.2, 0.25) is 0 Å². The predicted octanol–water partition coefficient (Wildman–Crippen LogP) is 2.17. The fraction of sp³-hybridized carbons (Fsp3) is 0.412. The smallest absolute Gasteiger partial charge is 0.293 e. The first-order valence-electron chi connectivity index (χ1n) is 8.36. The Balaban J connectivity index is 1.57. The number of nitrogens with one attached hydrogen (secondary N) is 1. The van der Waals surface area contributed by atoms with Crippen LogP contribution in [-0.2, 0) is 7.05 Å². The molecule has 4 heterocycles. The molecule has 8 heteroatoms. The lowest BCUT2D eigenvalue weighted by Crippen LogP contribution is -2.45. The highest BCUT2D eigenvalue weighted by atomic mass is 32.1. The minimum absolute atomic E-state index is 0.0546. The summed E-state index contributed by atoms with van der Waals surface area (Å²) in [5.74, 6) is 1.39. The molecule has 0 saturated carbocycles. The molecule has 0 aliphatic carbocycles. The molecule has 1 atom stereocenters. The molecule has 1 N–H and O–H groups in total. The number of aryl methyl sites for hydroxylation is 2. The largest absolute Gasteiger partial charge is 0.365 e. The molecule has 0 bridgehead atoms. The van der Waals surface area contributed by atoms with Crippen LogP contribution in [-0.4, -0.2) is 38.7 Å². The van der Waals surface area contributed by atoms with Crippen molar-refractivity contribution in [1.82, 2.24) is 19.5 Å². The first kappa shape index (κ1) is 16.0. The van der Waals surface area contributed by atoms with Crippen molar-refractivity contribution < 1.29 is 0 Å². The van der Waals surface area contributed by atoms with Gasteiger partial charge in [0.25, 0.3) is 5.56 Å². The first-order valence-corrected chi connectivity index (χ1v) is 9.18. The SMILES string of the molecule is Cc1cc2c(N[C@H]3CCCN(c4nccn(C)c4=O)C3)ncnc2s1. The van der Waals surface area contributed by atoms with Gasteiger partial charge in [-0.2, -0.15) is 0 Å². The van der Waals surface area contributed by atoms with Crippen LogP contribution in [0.1, 0.15) is 17.7 Å². The zero-order chi connectivity index (χ0) is 17.4. The van der Waals surface area contributed by atoms with Crippen molar-refractivity contribution in [2.75, 3.05) is 23.3 Å². The maximum atomic E-state index is 12.3. The van der Waals surface area contributed by atoms with E-state index in [1.807, 2.05) is 0 Å². The highest BCUT2D eigenvalue weighted by Crippen LogP contribution is 2.28. The van der Waals surface area contributed by atoms with Gasteiger partial charge >= 0.3 is 0 Å². The number of nitrogens with zero attached hydrogens (tertiary/aromatic N) is 5. The molecule has 7 nitrogen and oxygen atoms in total. The first-order chi connectivity index (χ1) is 12.1. The van der Waals surface area contributed by atoms with E-state index in [9.17, 15) is 4.79 Å². The van der Waals surface area contributed by atoms with Gasteiger partial charge in [-0.15, -0.1) is 11.3 Å². The molecule has 1 fully saturated rings. The number of anilines is 2. The maximum absolute atomic E-state index is 12.3. The fourth-order valence-electron chi connectivity index (χ4n) is 3.27. The minimum Gasteiger partial charge on any atom is -0.365 e. The van der Waals surface area contributed by atoms with Gasteiger partial charge in [0.1, 0.15) is 17.0 Å². The summed E-state index contributed by atoms with van der Waals surface area (Å²) in [5, 5.41) is 4.61. The molecule has 4 rings (SSSR count). The topological polar surface area (TPSA) is 75.9 Å². The van der Waals surface area contributed by atoms with Crippen molar-refractivity contribution in [3.8, 4) is 0 Å². The van der Waals surface area contributed by atoms with Crippen LogP contribution < -0.4 is 15.8 Å². The van der Waals surface area contributed by atoms with E-state index in [1.165, 1.54) is 4.88 Å². The molecule has 0 unspecified atom stereocenters. The molecule has 1 saturated heterocycles. The predicted molar refractivity (Wildman–Crippen MR) is 100 cm³/mol. The van der Waals surface area contributed by atoms with Gasteiger partial charge in [-0.25, -0.2) is 15.0 Å². The fourth-order valence-corrected chi connectivity index (χ4v) is 4.12. The molecule has 130 valence electrons. The van der Waals surface area contributed by atoms with Crippen molar-refractivity contribution >= 4 is 33.2 Å². The van der Waals surface area contributed by atoms with E-state index in [0.717, 1.165) is 42.0 Å². The summed E-state index contributed by atoms with van der Waals surface area (Å²) in [6.07, 6.45) is 7.01. The van der Waals surface area contributed by atoms with Gasteiger partial charge in [0.05, 0.1) is 5.39 Å². The third kappa shape index (κ3) is 3.09. The summed E-state index contributed by atoms with van der Waals surface area (Å²) in [5.41, 5.74) is -0.0546. The number of piperidine rings is 1. The molecule has 0 aromatic carbocycles. The van der Waals surface area contributed by atoms with Crippen LogP contribution in [0.25, 0.3) is 10.2 Å². The Labute approximate surface area is 149 Å². The summed E-state index contributed by atoms with van der Waals surface area (Å²) < 4.78 is 1.57. The van der Waals surface area contributed by atoms with E-state index in [1.54, 1.807) is 41.7 Å². The third-order valence-corrected chi connectivity index (χ3v) is 5.47. The average Bonchev–Trinajstić information content (AvgIpc) is 2.99. The van der Waals surface area contributed by atoms with Crippen LogP contribution in [0.3, 0.4) is 0 Å². The summed E-state index contributed by atoms with van der Waals surface area (Å²) in [6.45, 7) is 3.66. The summed E-state index contributed by atoms with van der Waals surface area (Å²) in [7, 11) is 1.75. The number of hydrogen-bond acceptors (Lipinski definition) is 7. The molecule has 25 heavy (non-hydrogen) atoms. The van der Waals surface area contributed by atoms with Gasteiger partial charge in [0.2, 0.25) is 0 Å². The average molecular weight is 356 g/mol. The molecular formula is C17H20N6OS. The van der Waals surface area contributed by atoms with Crippen LogP contribution >= 0.6 is 11.3 Å². The monoisotopic (exact) mass is 356 g/mol. The Kier molecular flexibility index (Phi) is 4.12. The molecule has 0 radical (unpaired) electrons. The van der Waals surface area contributed by atoms with Gasteiger partial charge in [0, 0.05) is 43.4 Å². The highest BCUT2D eigenvalue weighted by molar-refractivity contribution is 7.18. The molecule has 1 aliphatic rings. The number of fused-ring (bicyclic) bond motifs is 1. The summed E-state index contributed by atoms with van der Waals surface area (Å²) in [4.78, 5) is 29.7. The molecule has 3 aromatic heterocycles. The molecule has 0 amide bonds. The van der Waals surface area contributed by atoms with Gasteiger partial charge < -0.3 is 14.8 Å². The lowest BCUT2D eigenvalue weighted by atomic mass is 10.1. The standard InChI is InChI=1S/C17H20N6OS/c1-11-8-13-14(19-10-20-16(13)25-11)21-12-4-3-6-23(9-12)15-17(24)22(2)7-5-18-15/h5,7-8,10,12H,3-4,6,9H2,1-2H3,(H,19,20,21)/t12-/m0/s1. The van der Waals surface area contributed by atoms with E-state index >= 15 is 0 Å². The Morgan fingerprint density at radius 2 is 2.20 bits per heavy atom. The second-order valence-corrected chi connectivity index (χ2v) is 7.63. The Morgan fingerprint density at radius 1 is 1.32 bits per heavy atom. The second-order valence-electron chi connectivity index (χ2n) is 6.39.